The van der Waals surface area contributed by atoms with Crippen LogP contribution in [0.3, 0.4) is 0 Å². The molecule has 0 rings (SSSR count). The average Bonchev–Trinajstić information content (AvgIpc) is 1.86. The van der Waals surface area contributed by atoms with Gasteiger partial charge in [0.1, 0.15) is 5.78 Å². The normalized spacial score (nSPS) is 8.25. The maximum Gasteiger partial charge on any atom is 0.303 e. The summed E-state index contributed by atoms with van der Waals surface area (Å²) in [5, 5.41) is 8.14. The number of hydrogen-bond acceptors (Lipinski definition) is 2. The molecule has 0 aliphatic carbocycles. The molecule has 0 fully saturated rings. The van der Waals surface area contributed by atoms with Gasteiger partial charge in [-0.1, -0.05) is 19.8 Å². The summed E-state index contributed by atoms with van der Waals surface area (Å²) in [5.74, 6) is -0.515. The SMILES string of the molecule is CC(C)=O.CCCCCC(=O)O. The maximum atomic E-state index is 9.87. The maximum absolute atomic E-state index is 9.87. The lowest BCUT2D eigenvalue weighted by molar-refractivity contribution is -0.137. The molecule has 0 bridgehead atoms. The third-order valence-corrected chi connectivity index (χ3v) is 0.994. The van der Waals surface area contributed by atoms with E-state index in [2.05, 4.69) is 6.92 Å². The van der Waals surface area contributed by atoms with Gasteiger partial charge in [0, 0.05) is 6.42 Å². The van der Waals surface area contributed by atoms with Crippen LogP contribution in [0.25, 0.3) is 0 Å². The van der Waals surface area contributed by atoms with Crippen molar-refractivity contribution in [1.29, 1.82) is 0 Å². The molecule has 0 heterocycles. The molecule has 0 aromatic carbocycles. The Kier molecular flexibility index (Phi) is 11.6. The Balaban J connectivity index is 0. The van der Waals surface area contributed by atoms with Crippen molar-refractivity contribution in [3.8, 4) is 0 Å². The van der Waals surface area contributed by atoms with Gasteiger partial charge in [-0.05, 0) is 20.3 Å². The van der Waals surface area contributed by atoms with E-state index in [1.54, 1.807) is 0 Å². The van der Waals surface area contributed by atoms with Crippen molar-refractivity contribution in [3.05, 3.63) is 0 Å². The molecule has 0 aliphatic rings. The number of carbonyl (C=O) groups excluding carboxylic acids is 1. The van der Waals surface area contributed by atoms with Crippen molar-refractivity contribution in [1.82, 2.24) is 0 Å². The summed E-state index contributed by atoms with van der Waals surface area (Å²) in [6.45, 7) is 5.11. The number of ketones is 1. The molecule has 0 radical (unpaired) electrons. The van der Waals surface area contributed by atoms with E-state index >= 15 is 0 Å². The van der Waals surface area contributed by atoms with Crippen molar-refractivity contribution in [2.24, 2.45) is 0 Å². The summed E-state index contributed by atoms with van der Waals surface area (Å²) in [5.41, 5.74) is 0. The predicted molar refractivity (Wildman–Crippen MR) is 48.1 cm³/mol. The summed E-state index contributed by atoms with van der Waals surface area (Å²) in [7, 11) is 0. The molecular weight excluding hydrogens is 156 g/mol. The minimum atomic E-state index is -0.682. The van der Waals surface area contributed by atoms with Crippen LogP contribution < -0.4 is 0 Å². The monoisotopic (exact) mass is 174 g/mol. The van der Waals surface area contributed by atoms with Gasteiger partial charge in [0.25, 0.3) is 0 Å². The molecule has 0 unspecified atom stereocenters. The molecule has 72 valence electrons. The lowest BCUT2D eigenvalue weighted by Crippen LogP contribution is -1.92. The molecular formula is C9H18O3. The zero-order valence-corrected chi connectivity index (χ0v) is 8.09. The molecule has 12 heavy (non-hydrogen) atoms. The molecule has 0 aliphatic heterocycles. The second-order valence-electron chi connectivity index (χ2n) is 2.76. The highest BCUT2D eigenvalue weighted by Crippen LogP contribution is 1.97. The van der Waals surface area contributed by atoms with E-state index in [9.17, 15) is 9.59 Å². The fourth-order valence-corrected chi connectivity index (χ4v) is 0.526. The van der Waals surface area contributed by atoms with E-state index in [1.807, 2.05) is 0 Å². The lowest BCUT2D eigenvalue weighted by atomic mass is 10.2. The standard InChI is InChI=1S/C6H12O2.C3H6O/c1-2-3-4-5-6(7)8;1-3(2)4/h2-5H2,1H3,(H,7,8);1-2H3. The largest absolute Gasteiger partial charge is 0.481 e. The quantitative estimate of drug-likeness (QED) is 0.665. The Morgan fingerprint density at radius 2 is 1.58 bits per heavy atom. The third kappa shape index (κ3) is 35.3. The topological polar surface area (TPSA) is 54.4 Å². The van der Waals surface area contributed by atoms with Crippen molar-refractivity contribution in [2.75, 3.05) is 0 Å². The van der Waals surface area contributed by atoms with Crippen molar-refractivity contribution in [3.63, 3.8) is 0 Å². The first kappa shape index (κ1) is 13.7. The second-order valence-corrected chi connectivity index (χ2v) is 2.76. The number of carboxylic acids is 1. The molecule has 0 amide bonds. The van der Waals surface area contributed by atoms with Gasteiger partial charge in [-0.25, -0.2) is 0 Å². The molecule has 1 N–H and O–H groups in total. The van der Waals surface area contributed by atoms with E-state index in [4.69, 9.17) is 5.11 Å². The van der Waals surface area contributed by atoms with Gasteiger partial charge in [-0.3, -0.25) is 4.79 Å². The first-order valence-corrected chi connectivity index (χ1v) is 4.19. The first-order valence-electron chi connectivity index (χ1n) is 4.19. The Morgan fingerprint density at radius 3 is 1.83 bits per heavy atom. The summed E-state index contributed by atoms with van der Waals surface area (Å²) >= 11 is 0. The van der Waals surface area contributed by atoms with E-state index < -0.39 is 5.97 Å². The van der Waals surface area contributed by atoms with Crippen LogP contribution in [-0.4, -0.2) is 16.9 Å². The van der Waals surface area contributed by atoms with Crippen LogP contribution in [0.5, 0.6) is 0 Å². The molecule has 3 nitrogen and oxygen atoms in total. The average molecular weight is 174 g/mol. The molecule has 0 atom stereocenters. The van der Waals surface area contributed by atoms with Crippen LogP contribution in [0, 0.1) is 0 Å². The lowest BCUT2D eigenvalue weighted by Gasteiger charge is -1.89. The summed E-state index contributed by atoms with van der Waals surface area (Å²) in [4.78, 5) is 19.3. The number of Topliss-reactive ketones (excluding diaryl/α,β-unsaturated/α-hetero) is 1. The van der Waals surface area contributed by atoms with E-state index in [1.165, 1.54) is 13.8 Å². The molecule has 0 spiro atoms. The van der Waals surface area contributed by atoms with Crippen LogP contribution in [0.15, 0.2) is 0 Å². The van der Waals surface area contributed by atoms with Crippen LogP contribution in [0.1, 0.15) is 46.5 Å². The fourth-order valence-electron chi connectivity index (χ4n) is 0.526. The first-order chi connectivity index (χ1) is 5.50. The zero-order chi connectivity index (χ0) is 9.98. The van der Waals surface area contributed by atoms with Crippen molar-refractivity contribution >= 4 is 11.8 Å². The predicted octanol–water partition coefficient (Wildman–Crippen LogP) is 2.25. The highest BCUT2D eigenvalue weighted by molar-refractivity contribution is 5.72. The Morgan fingerprint density at radius 1 is 1.17 bits per heavy atom. The van der Waals surface area contributed by atoms with Gasteiger partial charge in [0.05, 0.1) is 0 Å². The second kappa shape index (κ2) is 10.1. The molecule has 0 saturated heterocycles. The third-order valence-electron chi connectivity index (χ3n) is 0.994. The van der Waals surface area contributed by atoms with Gasteiger partial charge < -0.3 is 9.90 Å². The van der Waals surface area contributed by atoms with Crippen LogP contribution in [0.4, 0.5) is 0 Å². The van der Waals surface area contributed by atoms with Gasteiger partial charge in [-0.15, -0.1) is 0 Å². The van der Waals surface area contributed by atoms with Gasteiger partial charge in [-0.2, -0.15) is 0 Å². The molecule has 0 aromatic heterocycles. The number of carboxylic acid groups (broad SMARTS) is 1. The number of aliphatic carboxylic acids is 1. The van der Waals surface area contributed by atoms with Crippen LogP contribution in [-0.2, 0) is 9.59 Å². The van der Waals surface area contributed by atoms with E-state index in [-0.39, 0.29) is 5.78 Å². The Labute approximate surface area is 73.8 Å². The summed E-state index contributed by atoms with van der Waals surface area (Å²) in [6.07, 6.45) is 3.28. The minimum Gasteiger partial charge on any atom is -0.481 e. The van der Waals surface area contributed by atoms with Gasteiger partial charge in [0.2, 0.25) is 0 Å². The highest BCUT2D eigenvalue weighted by atomic mass is 16.4. The Hall–Kier alpha value is -0.860. The number of rotatable bonds is 4. The van der Waals surface area contributed by atoms with Gasteiger partial charge >= 0.3 is 5.97 Å². The smallest absolute Gasteiger partial charge is 0.303 e. The fraction of sp³-hybridized carbons (Fsp3) is 0.778. The summed E-state index contributed by atoms with van der Waals surface area (Å²) < 4.78 is 0. The molecule has 3 heteroatoms. The van der Waals surface area contributed by atoms with Crippen molar-refractivity contribution < 1.29 is 14.7 Å². The number of hydrogen-bond donors (Lipinski definition) is 1. The van der Waals surface area contributed by atoms with Crippen molar-refractivity contribution in [2.45, 2.75) is 46.5 Å². The van der Waals surface area contributed by atoms with Gasteiger partial charge in [0.15, 0.2) is 0 Å². The zero-order valence-electron chi connectivity index (χ0n) is 8.09. The van der Waals surface area contributed by atoms with E-state index in [0.717, 1.165) is 19.3 Å². The Bertz CT molecular complexity index is 126. The number of unbranched alkanes of at least 4 members (excludes halogenated alkanes) is 2. The molecule has 0 aromatic rings. The minimum absolute atomic E-state index is 0.167. The molecule has 0 saturated carbocycles. The van der Waals surface area contributed by atoms with Crippen LogP contribution >= 0.6 is 0 Å². The number of carbonyl (C=O) groups is 2. The van der Waals surface area contributed by atoms with E-state index in [0.29, 0.717) is 6.42 Å². The summed E-state index contributed by atoms with van der Waals surface area (Å²) in [6, 6.07) is 0. The van der Waals surface area contributed by atoms with Crippen LogP contribution in [0.2, 0.25) is 0 Å². The highest BCUT2D eigenvalue weighted by Gasteiger charge is 1.92.